The molecular weight excluding hydrogens is 284 g/mol. The average Bonchev–Trinajstić information content (AvgIpc) is 2.30. The Labute approximate surface area is 110 Å². The molecule has 0 aromatic heterocycles. The van der Waals surface area contributed by atoms with E-state index in [-0.39, 0.29) is 6.10 Å². The number of halogens is 1. The second kappa shape index (κ2) is 5.51. The predicted molar refractivity (Wildman–Crippen MR) is 71.8 cm³/mol. The number of hydrogen-bond donors (Lipinski definition) is 2. The number of para-hydroxylation sites is 1. The van der Waals surface area contributed by atoms with Crippen LogP contribution in [-0.4, -0.2) is 24.7 Å². The molecule has 3 N–H and O–H groups in total. The van der Waals surface area contributed by atoms with Gasteiger partial charge in [-0.1, -0.05) is 12.1 Å². The van der Waals surface area contributed by atoms with Gasteiger partial charge in [0.05, 0.1) is 6.10 Å². The Morgan fingerprint density at radius 1 is 1.53 bits per heavy atom. The van der Waals surface area contributed by atoms with Gasteiger partial charge in [0.1, 0.15) is 5.54 Å². The van der Waals surface area contributed by atoms with Crippen LogP contribution >= 0.6 is 15.9 Å². The van der Waals surface area contributed by atoms with Gasteiger partial charge < -0.3 is 15.8 Å². The van der Waals surface area contributed by atoms with Crippen molar-refractivity contribution in [1.82, 2.24) is 0 Å². The highest BCUT2D eigenvalue weighted by Gasteiger charge is 2.37. The number of methoxy groups -OCH3 is 1. The number of nitrogens with one attached hydrogen (secondary N) is 1. The van der Waals surface area contributed by atoms with Crippen molar-refractivity contribution >= 4 is 27.5 Å². The number of primary amides is 1. The second-order valence-corrected chi connectivity index (χ2v) is 4.90. The minimum absolute atomic E-state index is 0.341. The van der Waals surface area contributed by atoms with Crippen LogP contribution in [0.25, 0.3) is 0 Å². The summed E-state index contributed by atoms with van der Waals surface area (Å²) < 4.78 is 6.08. The van der Waals surface area contributed by atoms with Crippen LogP contribution in [0.5, 0.6) is 0 Å². The molecule has 2 unspecified atom stereocenters. The molecule has 1 amide bonds. The maximum absolute atomic E-state index is 11.6. The molecule has 1 aromatic rings. The molecule has 0 aliphatic heterocycles. The van der Waals surface area contributed by atoms with Crippen molar-refractivity contribution in [2.75, 3.05) is 12.4 Å². The lowest BCUT2D eigenvalue weighted by Crippen LogP contribution is -2.56. The zero-order valence-corrected chi connectivity index (χ0v) is 11.7. The summed E-state index contributed by atoms with van der Waals surface area (Å²) in [4.78, 5) is 11.6. The summed E-state index contributed by atoms with van der Waals surface area (Å²) in [6.07, 6.45) is -0.341. The van der Waals surface area contributed by atoms with E-state index in [4.69, 9.17) is 10.5 Å². The lowest BCUT2D eigenvalue weighted by Gasteiger charge is -2.33. The molecule has 5 heteroatoms. The fourth-order valence-electron chi connectivity index (χ4n) is 1.44. The summed E-state index contributed by atoms with van der Waals surface area (Å²) in [6, 6.07) is 7.54. The number of rotatable bonds is 5. The van der Waals surface area contributed by atoms with Gasteiger partial charge in [-0.15, -0.1) is 0 Å². The molecule has 1 rings (SSSR count). The number of nitrogens with two attached hydrogens (primary N) is 1. The Kier molecular flexibility index (Phi) is 4.54. The van der Waals surface area contributed by atoms with Crippen LogP contribution in [0.2, 0.25) is 0 Å². The van der Waals surface area contributed by atoms with Crippen LogP contribution in [0.1, 0.15) is 13.8 Å². The lowest BCUT2D eigenvalue weighted by atomic mass is 9.94. The molecule has 0 bridgehead atoms. The SMILES string of the molecule is COC(C)C(C)(Nc1ccccc1Br)C(N)=O. The van der Waals surface area contributed by atoms with Crippen LogP contribution in [0.3, 0.4) is 0 Å². The number of carbonyl (C=O) groups excluding carboxylic acids is 1. The van der Waals surface area contributed by atoms with E-state index in [0.29, 0.717) is 0 Å². The van der Waals surface area contributed by atoms with E-state index >= 15 is 0 Å². The van der Waals surface area contributed by atoms with Crippen LogP contribution in [0.4, 0.5) is 5.69 Å². The van der Waals surface area contributed by atoms with Crippen LogP contribution in [-0.2, 0) is 9.53 Å². The van der Waals surface area contributed by atoms with Gasteiger partial charge in [-0.05, 0) is 41.9 Å². The van der Waals surface area contributed by atoms with E-state index in [0.717, 1.165) is 10.2 Å². The van der Waals surface area contributed by atoms with Crippen LogP contribution in [0, 0.1) is 0 Å². The second-order valence-electron chi connectivity index (χ2n) is 4.05. The van der Waals surface area contributed by atoms with E-state index in [1.165, 1.54) is 0 Å². The maximum Gasteiger partial charge on any atom is 0.245 e. The van der Waals surface area contributed by atoms with E-state index in [1.54, 1.807) is 21.0 Å². The summed E-state index contributed by atoms with van der Waals surface area (Å²) in [6.45, 7) is 3.53. The molecular formula is C12H17BrN2O2. The predicted octanol–water partition coefficient (Wildman–Crippen LogP) is 2.14. The highest BCUT2D eigenvalue weighted by Crippen LogP contribution is 2.26. The van der Waals surface area contributed by atoms with Gasteiger partial charge >= 0.3 is 0 Å². The van der Waals surface area contributed by atoms with Crippen molar-refractivity contribution in [3.05, 3.63) is 28.7 Å². The van der Waals surface area contributed by atoms with Crippen LogP contribution in [0.15, 0.2) is 28.7 Å². The summed E-state index contributed by atoms with van der Waals surface area (Å²) in [5.41, 5.74) is 5.29. The Morgan fingerprint density at radius 2 is 2.12 bits per heavy atom. The molecule has 4 nitrogen and oxygen atoms in total. The van der Waals surface area contributed by atoms with Gasteiger partial charge in [-0.3, -0.25) is 4.79 Å². The zero-order valence-electron chi connectivity index (χ0n) is 10.2. The first-order valence-electron chi connectivity index (χ1n) is 5.27. The first kappa shape index (κ1) is 14.0. The number of benzene rings is 1. The zero-order chi connectivity index (χ0) is 13.1. The number of ether oxygens (including phenoxy) is 1. The Hall–Kier alpha value is -1.07. The standard InChI is InChI=1S/C12H17BrN2O2/c1-8(17-3)12(2,11(14)16)15-10-7-5-4-6-9(10)13/h4-8,15H,1-3H3,(H2,14,16). The van der Waals surface area contributed by atoms with E-state index < -0.39 is 11.4 Å². The number of carbonyl (C=O) groups is 1. The van der Waals surface area contributed by atoms with Crippen molar-refractivity contribution in [2.45, 2.75) is 25.5 Å². The quantitative estimate of drug-likeness (QED) is 0.876. The number of amides is 1. The fraction of sp³-hybridized carbons (Fsp3) is 0.417. The summed E-state index contributed by atoms with van der Waals surface area (Å²) in [7, 11) is 1.55. The van der Waals surface area contributed by atoms with Crippen molar-refractivity contribution in [3.63, 3.8) is 0 Å². The minimum atomic E-state index is -0.960. The molecule has 17 heavy (non-hydrogen) atoms. The van der Waals surface area contributed by atoms with Crippen LogP contribution < -0.4 is 11.1 Å². The van der Waals surface area contributed by atoms with Gasteiger partial charge in [-0.25, -0.2) is 0 Å². The van der Waals surface area contributed by atoms with Crippen molar-refractivity contribution in [3.8, 4) is 0 Å². The molecule has 1 aromatic carbocycles. The van der Waals surface area contributed by atoms with Crippen molar-refractivity contribution < 1.29 is 9.53 Å². The molecule has 0 spiro atoms. The van der Waals surface area contributed by atoms with Gasteiger partial charge in [-0.2, -0.15) is 0 Å². The molecule has 0 radical (unpaired) electrons. The summed E-state index contributed by atoms with van der Waals surface area (Å²) in [5, 5.41) is 3.13. The Balaban J connectivity index is 3.03. The third-order valence-electron chi connectivity index (χ3n) is 2.95. The summed E-state index contributed by atoms with van der Waals surface area (Å²) in [5.74, 6) is -0.456. The number of anilines is 1. The molecule has 0 heterocycles. The number of hydrogen-bond acceptors (Lipinski definition) is 3. The average molecular weight is 301 g/mol. The lowest BCUT2D eigenvalue weighted by molar-refractivity contribution is -0.125. The van der Waals surface area contributed by atoms with Gasteiger partial charge in [0, 0.05) is 17.3 Å². The molecule has 0 aliphatic carbocycles. The largest absolute Gasteiger partial charge is 0.379 e. The molecule has 0 fully saturated rings. The first-order valence-corrected chi connectivity index (χ1v) is 6.06. The topological polar surface area (TPSA) is 64.3 Å². The molecule has 2 atom stereocenters. The molecule has 0 saturated heterocycles. The van der Waals surface area contributed by atoms with E-state index in [2.05, 4.69) is 21.2 Å². The fourth-order valence-corrected chi connectivity index (χ4v) is 1.83. The van der Waals surface area contributed by atoms with Crippen molar-refractivity contribution in [2.24, 2.45) is 5.73 Å². The van der Waals surface area contributed by atoms with Gasteiger partial charge in [0.25, 0.3) is 0 Å². The summed E-state index contributed by atoms with van der Waals surface area (Å²) >= 11 is 3.41. The van der Waals surface area contributed by atoms with Gasteiger partial charge in [0.2, 0.25) is 5.91 Å². The molecule has 0 aliphatic rings. The third-order valence-corrected chi connectivity index (χ3v) is 3.64. The third kappa shape index (κ3) is 2.98. The monoisotopic (exact) mass is 300 g/mol. The normalized spacial score (nSPS) is 16.0. The van der Waals surface area contributed by atoms with E-state index in [9.17, 15) is 4.79 Å². The first-order chi connectivity index (χ1) is 7.91. The Morgan fingerprint density at radius 3 is 2.59 bits per heavy atom. The van der Waals surface area contributed by atoms with E-state index in [1.807, 2.05) is 24.3 Å². The minimum Gasteiger partial charge on any atom is -0.379 e. The maximum atomic E-state index is 11.6. The molecule has 0 saturated carbocycles. The Bertz CT molecular complexity index is 411. The van der Waals surface area contributed by atoms with Crippen molar-refractivity contribution in [1.29, 1.82) is 0 Å². The smallest absolute Gasteiger partial charge is 0.245 e. The highest BCUT2D eigenvalue weighted by atomic mass is 79.9. The van der Waals surface area contributed by atoms with Gasteiger partial charge in [0.15, 0.2) is 0 Å². The molecule has 94 valence electrons. The highest BCUT2D eigenvalue weighted by molar-refractivity contribution is 9.10.